The number of nitrogens with zero attached hydrogens (tertiary/aromatic N) is 2. The quantitative estimate of drug-likeness (QED) is 0.557. The number of halogens is 2. The number of fused-ring (bicyclic) bond motifs is 1. The van der Waals surface area contributed by atoms with Gasteiger partial charge in [0.1, 0.15) is 5.56 Å². The maximum atomic E-state index is 13.4. The Morgan fingerprint density at radius 1 is 1.20 bits per heavy atom. The third-order valence-corrected chi connectivity index (χ3v) is 3.38. The fourth-order valence-corrected chi connectivity index (χ4v) is 2.21. The molecule has 2 aromatic carbocycles. The lowest BCUT2D eigenvalue weighted by Crippen LogP contribution is -2.15. The number of rotatable bonds is 3. The molecule has 0 aliphatic carbocycles. The number of H-pyrrole nitrogens is 1. The average molecular weight is 346 g/mol. The Labute approximate surface area is 137 Å². The van der Waals surface area contributed by atoms with Crippen LogP contribution in [0.1, 0.15) is 10.4 Å². The van der Waals surface area contributed by atoms with Crippen LogP contribution in [0.4, 0.5) is 20.2 Å². The van der Waals surface area contributed by atoms with Crippen LogP contribution in [0.5, 0.6) is 0 Å². The molecule has 3 aromatic rings. The van der Waals surface area contributed by atoms with E-state index in [4.69, 9.17) is 0 Å². The summed E-state index contributed by atoms with van der Waals surface area (Å²) >= 11 is 0. The summed E-state index contributed by atoms with van der Waals surface area (Å²) in [4.78, 5) is 40.2. The van der Waals surface area contributed by atoms with Crippen molar-refractivity contribution in [3.63, 3.8) is 0 Å². The van der Waals surface area contributed by atoms with Crippen molar-refractivity contribution in [2.45, 2.75) is 0 Å². The molecule has 126 valence electrons. The van der Waals surface area contributed by atoms with Gasteiger partial charge in [0.05, 0.1) is 28.2 Å². The SMILES string of the molecule is O=C(Nc1ccc2nc[nH]c(=O)c2c1)c1cc(F)c(F)cc1[N+](=O)[O-]. The number of aromatic nitrogens is 2. The van der Waals surface area contributed by atoms with Crippen molar-refractivity contribution < 1.29 is 18.5 Å². The molecule has 0 aliphatic rings. The molecule has 10 heteroatoms. The van der Waals surface area contributed by atoms with E-state index in [0.29, 0.717) is 17.6 Å². The van der Waals surface area contributed by atoms with Gasteiger partial charge in [0, 0.05) is 5.69 Å². The highest BCUT2D eigenvalue weighted by molar-refractivity contribution is 6.07. The number of hydrogen-bond acceptors (Lipinski definition) is 5. The molecule has 1 heterocycles. The zero-order chi connectivity index (χ0) is 18.1. The zero-order valence-electron chi connectivity index (χ0n) is 12.2. The molecule has 2 N–H and O–H groups in total. The molecular weight excluding hydrogens is 338 g/mol. The third kappa shape index (κ3) is 3.04. The van der Waals surface area contributed by atoms with Crippen molar-refractivity contribution in [3.8, 4) is 0 Å². The van der Waals surface area contributed by atoms with Gasteiger partial charge in [-0.15, -0.1) is 0 Å². The Balaban J connectivity index is 2.00. The van der Waals surface area contributed by atoms with Crippen LogP contribution in [-0.2, 0) is 0 Å². The van der Waals surface area contributed by atoms with Crippen molar-refractivity contribution >= 4 is 28.2 Å². The Bertz CT molecular complexity index is 1080. The van der Waals surface area contributed by atoms with Crippen molar-refractivity contribution in [2.75, 3.05) is 5.32 Å². The number of amides is 1. The minimum absolute atomic E-state index is 0.134. The molecule has 1 amide bonds. The van der Waals surface area contributed by atoms with E-state index in [0.717, 1.165) is 0 Å². The van der Waals surface area contributed by atoms with Gasteiger partial charge in [0.2, 0.25) is 0 Å². The van der Waals surface area contributed by atoms with Crippen molar-refractivity contribution in [2.24, 2.45) is 0 Å². The topological polar surface area (TPSA) is 118 Å². The standard InChI is InChI=1S/C15H8F2N4O4/c16-10-4-9(13(21(24)25)5-11(10)17)15(23)20-7-1-2-12-8(3-7)14(22)19-6-18-12/h1-6H,(H,20,23)(H,18,19,22). The fraction of sp³-hybridized carbons (Fsp3) is 0. The predicted octanol–water partition coefficient (Wildman–Crippen LogP) is 2.36. The Hall–Kier alpha value is -3.69. The summed E-state index contributed by atoms with van der Waals surface area (Å²) in [6, 6.07) is 4.96. The van der Waals surface area contributed by atoms with Crippen LogP contribution >= 0.6 is 0 Å². The number of benzene rings is 2. The molecule has 0 saturated heterocycles. The van der Waals surface area contributed by atoms with E-state index in [9.17, 15) is 28.5 Å². The fourth-order valence-electron chi connectivity index (χ4n) is 2.21. The lowest BCUT2D eigenvalue weighted by atomic mass is 10.1. The van der Waals surface area contributed by atoms with E-state index in [-0.39, 0.29) is 11.1 Å². The number of hydrogen-bond donors (Lipinski definition) is 2. The lowest BCUT2D eigenvalue weighted by molar-refractivity contribution is -0.385. The second-order valence-corrected chi connectivity index (χ2v) is 4.96. The number of nitro benzene ring substituents is 1. The van der Waals surface area contributed by atoms with Crippen molar-refractivity contribution in [1.82, 2.24) is 9.97 Å². The molecule has 0 spiro atoms. The Morgan fingerprint density at radius 2 is 1.92 bits per heavy atom. The minimum atomic E-state index is -1.44. The first kappa shape index (κ1) is 16.2. The van der Waals surface area contributed by atoms with Gasteiger partial charge in [-0.25, -0.2) is 13.8 Å². The Kier molecular flexibility index (Phi) is 3.93. The number of carbonyl (C=O) groups is 1. The van der Waals surface area contributed by atoms with Crippen LogP contribution in [0.25, 0.3) is 10.9 Å². The van der Waals surface area contributed by atoms with Crippen LogP contribution in [-0.4, -0.2) is 20.8 Å². The first-order chi connectivity index (χ1) is 11.9. The molecule has 0 saturated carbocycles. The second-order valence-electron chi connectivity index (χ2n) is 4.96. The zero-order valence-corrected chi connectivity index (χ0v) is 12.2. The van der Waals surface area contributed by atoms with Gasteiger partial charge in [0.25, 0.3) is 17.2 Å². The number of nitrogens with one attached hydrogen (secondary N) is 2. The van der Waals surface area contributed by atoms with Crippen molar-refractivity contribution in [1.29, 1.82) is 0 Å². The highest BCUT2D eigenvalue weighted by Gasteiger charge is 2.24. The highest BCUT2D eigenvalue weighted by Crippen LogP contribution is 2.24. The first-order valence-electron chi connectivity index (χ1n) is 6.79. The van der Waals surface area contributed by atoms with E-state index >= 15 is 0 Å². The van der Waals surface area contributed by atoms with Gasteiger partial charge >= 0.3 is 0 Å². The van der Waals surface area contributed by atoms with E-state index in [1.807, 2.05) is 0 Å². The summed E-state index contributed by atoms with van der Waals surface area (Å²) in [5.41, 5.74) is -1.46. The normalized spacial score (nSPS) is 10.6. The van der Waals surface area contributed by atoms with Crippen LogP contribution in [0.2, 0.25) is 0 Å². The predicted molar refractivity (Wildman–Crippen MR) is 83.3 cm³/mol. The van der Waals surface area contributed by atoms with Gasteiger partial charge < -0.3 is 10.3 Å². The van der Waals surface area contributed by atoms with E-state index < -0.39 is 39.3 Å². The monoisotopic (exact) mass is 346 g/mol. The molecule has 0 radical (unpaired) electrons. The van der Waals surface area contributed by atoms with Crippen LogP contribution < -0.4 is 10.9 Å². The summed E-state index contributed by atoms with van der Waals surface area (Å²) in [7, 11) is 0. The van der Waals surface area contributed by atoms with E-state index in [2.05, 4.69) is 15.3 Å². The largest absolute Gasteiger partial charge is 0.322 e. The van der Waals surface area contributed by atoms with Gasteiger partial charge in [0.15, 0.2) is 11.6 Å². The number of aromatic amines is 1. The summed E-state index contributed by atoms with van der Waals surface area (Å²) in [5.74, 6) is -3.85. The number of anilines is 1. The number of carbonyl (C=O) groups excluding carboxylic acids is 1. The van der Waals surface area contributed by atoms with Crippen LogP contribution in [0, 0.1) is 21.7 Å². The summed E-state index contributed by atoms with van der Waals surface area (Å²) in [5, 5.41) is 13.4. The number of nitro groups is 1. The molecule has 0 unspecified atom stereocenters. The second kappa shape index (κ2) is 6.07. The van der Waals surface area contributed by atoms with E-state index in [1.165, 1.54) is 24.5 Å². The summed E-state index contributed by atoms with van der Waals surface area (Å²) in [6.45, 7) is 0. The van der Waals surface area contributed by atoms with Crippen LogP contribution in [0.15, 0.2) is 41.5 Å². The van der Waals surface area contributed by atoms with Gasteiger partial charge in [-0.1, -0.05) is 0 Å². The maximum Gasteiger partial charge on any atom is 0.285 e. The molecule has 0 bridgehead atoms. The minimum Gasteiger partial charge on any atom is -0.322 e. The summed E-state index contributed by atoms with van der Waals surface area (Å²) < 4.78 is 26.5. The molecular formula is C15H8F2N4O4. The molecule has 1 aromatic heterocycles. The molecule has 3 rings (SSSR count). The van der Waals surface area contributed by atoms with Gasteiger partial charge in [-0.3, -0.25) is 19.7 Å². The molecule has 8 nitrogen and oxygen atoms in total. The maximum absolute atomic E-state index is 13.4. The lowest BCUT2D eigenvalue weighted by Gasteiger charge is -2.07. The molecule has 0 aliphatic heterocycles. The van der Waals surface area contributed by atoms with Crippen molar-refractivity contribution in [3.05, 3.63) is 74.3 Å². The van der Waals surface area contributed by atoms with Gasteiger partial charge in [-0.05, 0) is 24.3 Å². The van der Waals surface area contributed by atoms with Crippen LogP contribution in [0.3, 0.4) is 0 Å². The molecule has 25 heavy (non-hydrogen) atoms. The summed E-state index contributed by atoms with van der Waals surface area (Å²) in [6.07, 6.45) is 1.22. The average Bonchev–Trinajstić information content (AvgIpc) is 2.57. The Morgan fingerprint density at radius 3 is 2.64 bits per heavy atom. The molecule has 0 fully saturated rings. The first-order valence-corrected chi connectivity index (χ1v) is 6.79. The molecule has 0 atom stereocenters. The van der Waals surface area contributed by atoms with E-state index in [1.54, 1.807) is 0 Å². The van der Waals surface area contributed by atoms with Gasteiger partial charge in [-0.2, -0.15) is 0 Å². The smallest absolute Gasteiger partial charge is 0.285 e. The highest BCUT2D eigenvalue weighted by atomic mass is 19.2. The third-order valence-electron chi connectivity index (χ3n) is 3.38.